The van der Waals surface area contributed by atoms with Crippen LogP contribution in [0.1, 0.15) is 36.1 Å². The van der Waals surface area contributed by atoms with Gasteiger partial charge in [-0.1, -0.05) is 18.2 Å². The van der Waals surface area contributed by atoms with E-state index in [-0.39, 0.29) is 0 Å². The molecule has 0 amide bonds. The highest BCUT2D eigenvalue weighted by atomic mass is 32.2. The molecule has 1 aromatic heterocycles. The lowest BCUT2D eigenvalue weighted by Gasteiger charge is -2.28. The van der Waals surface area contributed by atoms with E-state index in [0.29, 0.717) is 23.3 Å². The monoisotopic (exact) mass is 435 g/mol. The number of benzene rings is 1. The highest BCUT2D eigenvalue weighted by molar-refractivity contribution is 7.91. The summed E-state index contributed by atoms with van der Waals surface area (Å²) in [7, 11) is 0. The minimum absolute atomic E-state index is 0.294. The van der Waals surface area contributed by atoms with Gasteiger partial charge >= 0.3 is 0 Å². The lowest BCUT2D eigenvalue weighted by molar-refractivity contribution is 0.0903. The molecule has 5 rings (SSSR count). The van der Waals surface area contributed by atoms with Gasteiger partial charge in [0, 0.05) is 38.8 Å². The largest absolute Gasteiger partial charge is 0.611 e. The molecule has 0 aliphatic carbocycles. The van der Waals surface area contributed by atoms with Crippen molar-refractivity contribution in [1.82, 2.24) is 9.97 Å². The maximum Gasteiger partial charge on any atom is 0.228 e. The molecule has 8 heteroatoms. The minimum atomic E-state index is -1.03. The van der Waals surface area contributed by atoms with Crippen molar-refractivity contribution in [3.05, 3.63) is 47.2 Å². The number of rotatable bonds is 4. The van der Waals surface area contributed by atoms with Crippen LogP contribution in [0.5, 0.6) is 0 Å². The number of nitriles is 1. The summed E-state index contributed by atoms with van der Waals surface area (Å²) in [6, 6.07) is 10.2. The SMILES string of the molecule is N#Cc1ccc(C2=CCN(c3nc4c(c(NC5CCOCC5)n3)[S+]([O-])CC4)CC2)cc1. The van der Waals surface area contributed by atoms with Gasteiger partial charge in [-0.25, -0.2) is 4.98 Å². The van der Waals surface area contributed by atoms with Crippen LogP contribution >= 0.6 is 0 Å². The molecule has 4 heterocycles. The molecule has 7 nitrogen and oxygen atoms in total. The quantitative estimate of drug-likeness (QED) is 0.738. The Labute approximate surface area is 185 Å². The number of nitrogens with one attached hydrogen (secondary N) is 1. The molecule has 1 N–H and O–H groups in total. The number of ether oxygens (including phenoxy) is 1. The summed E-state index contributed by atoms with van der Waals surface area (Å²) in [5, 5.41) is 12.5. The maximum absolute atomic E-state index is 12.6. The molecule has 160 valence electrons. The number of hydrogen-bond donors (Lipinski definition) is 1. The van der Waals surface area contributed by atoms with Gasteiger partial charge in [0.25, 0.3) is 0 Å². The van der Waals surface area contributed by atoms with E-state index < -0.39 is 11.2 Å². The number of fused-ring (bicyclic) bond motifs is 1. The molecular weight excluding hydrogens is 410 g/mol. The van der Waals surface area contributed by atoms with E-state index in [2.05, 4.69) is 22.4 Å². The van der Waals surface area contributed by atoms with Gasteiger partial charge in [-0.15, -0.1) is 0 Å². The van der Waals surface area contributed by atoms with Gasteiger partial charge in [0.15, 0.2) is 5.82 Å². The van der Waals surface area contributed by atoms with Crippen molar-refractivity contribution in [2.24, 2.45) is 0 Å². The molecule has 2 aromatic rings. The number of aryl methyl sites for hydroxylation is 1. The molecule has 0 saturated carbocycles. The van der Waals surface area contributed by atoms with Crippen LogP contribution in [-0.4, -0.2) is 52.6 Å². The summed E-state index contributed by atoms with van der Waals surface area (Å²) in [6.45, 7) is 3.05. The Morgan fingerprint density at radius 2 is 1.97 bits per heavy atom. The van der Waals surface area contributed by atoms with E-state index >= 15 is 0 Å². The molecule has 31 heavy (non-hydrogen) atoms. The van der Waals surface area contributed by atoms with E-state index in [1.54, 1.807) is 0 Å². The molecule has 0 radical (unpaired) electrons. The molecule has 3 aliphatic rings. The van der Waals surface area contributed by atoms with Gasteiger partial charge in [-0.2, -0.15) is 10.2 Å². The Balaban J connectivity index is 1.37. The van der Waals surface area contributed by atoms with Crippen molar-refractivity contribution in [3.63, 3.8) is 0 Å². The normalized spacial score (nSPS) is 21.4. The topological polar surface area (TPSA) is 97.1 Å². The fourth-order valence-electron chi connectivity index (χ4n) is 4.33. The number of aromatic nitrogens is 2. The summed E-state index contributed by atoms with van der Waals surface area (Å²) in [6.07, 6.45) is 5.70. The molecule has 1 fully saturated rings. The third kappa shape index (κ3) is 4.26. The van der Waals surface area contributed by atoms with Gasteiger partial charge in [0.05, 0.1) is 11.6 Å². The summed E-state index contributed by atoms with van der Waals surface area (Å²) in [5.74, 6) is 2.07. The molecule has 1 saturated heterocycles. The third-order valence-electron chi connectivity index (χ3n) is 6.11. The molecule has 3 aliphatic heterocycles. The predicted molar refractivity (Wildman–Crippen MR) is 120 cm³/mol. The van der Waals surface area contributed by atoms with Gasteiger partial charge in [0.1, 0.15) is 11.4 Å². The first-order chi connectivity index (χ1) is 15.2. The second-order valence-corrected chi connectivity index (χ2v) is 9.60. The first-order valence-electron chi connectivity index (χ1n) is 10.8. The Bertz CT molecular complexity index is 1030. The second kappa shape index (κ2) is 8.87. The van der Waals surface area contributed by atoms with E-state index in [1.165, 1.54) is 5.57 Å². The zero-order chi connectivity index (χ0) is 21.2. The summed E-state index contributed by atoms with van der Waals surface area (Å²) >= 11 is -1.03. The van der Waals surface area contributed by atoms with Gasteiger partial charge in [-0.05, 0) is 53.7 Å². The van der Waals surface area contributed by atoms with Crippen LogP contribution in [0.4, 0.5) is 11.8 Å². The van der Waals surface area contributed by atoms with Crippen LogP contribution in [-0.2, 0) is 22.3 Å². The van der Waals surface area contributed by atoms with Crippen molar-refractivity contribution >= 4 is 28.5 Å². The molecule has 0 bridgehead atoms. The molecule has 1 unspecified atom stereocenters. The predicted octanol–water partition coefficient (Wildman–Crippen LogP) is 2.90. The maximum atomic E-state index is 12.6. The van der Waals surface area contributed by atoms with E-state index in [1.807, 2.05) is 24.3 Å². The van der Waals surface area contributed by atoms with Gasteiger partial charge in [0.2, 0.25) is 10.8 Å². The fourth-order valence-corrected chi connectivity index (χ4v) is 5.64. The first-order valence-corrected chi connectivity index (χ1v) is 12.1. The van der Waals surface area contributed by atoms with Crippen LogP contribution in [0.3, 0.4) is 0 Å². The van der Waals surface area contributed by atoms with Gasteiger partial charge in [-0.3, -0.25) is 0 Å². The average Bonchev–Trinajstić information content (AvgIpc) is 3.21. The Hall–Kier alpha value is -2.60. The fraction of sp³-hybridized carbons (Fsp3) is 0.435. The van der Waals surface area contributed by atoms with Crippen molar-refractivity contribution in [2.75, 3.05) is 42.3 Å². The van der Waals surface area contributed by atoms with Crippen LogP contribution in [0.25, 0.3) is 5.57 Å². The minimum Gasteiger partial charge on any atom is -0.611 e. The van der Waals surface area contributed by atoms with Crippen molar-refractivity contribution in [1.29, 1.82) is 5.26 Å². The van der Waals surface area contributed by atoms with Crippen LogP contribution < -0.4 is 10.2 Å². The summed E-state index contributed by atoms with van der Waals surface area (Å²) in [4.78, 5) is 12.6. The molecular formula is C23H25N5O2S. The standard InChI is InChI=1S/C23H25N5O2S/c24-15-16-1-3-17(4-2-16)18-5-10-28(11-6-18)23-26-20-9-14-31(29)21(20)22(27-23)25-19-7-12-30-13-8-19/h1-5,19H,6-14H2,(H,25,26,27). The molecule has 1 atom stereocenters. The molecule has 0 spiro atoms. The van der Waals surface area contributed by atoms with Gasteiger partial charge < -0.3 is 19.5 Å². The van der Waals surface area contributed by atoms with Crippen molar-refractivity contribution in [3.8, 4) is 6.07 Å². The van der Waals surface area contributed by atoms with Crippen LogP contribution in [0, 0.1) is 11.3 Å². The first kappa shape index (κ1) is 20.3. The van der Waals surface area contributed by atoms with Crippen molar-refractivity contribution in [2.45, 2.75) is 36.6 Å². The van der Waals surface area contributed by atoms with E-state index in [0.717, 1.165) is 74.0 Å². The zero-order valence-electron chi connectivity index (χ0n) is 17.3. The zero-order valence-corrected chi connectivity index (χ0v) is 18.2. The van der Waals surface area contributed by atoms with Crippen LogP contribution in [0.2, 0.25) is 0 Å². The Kier molecular flexibility index (Phi) is 5.81. The van der Waals surface area contributed by atoms with Crippen LogP contribution in [0.15, 0.2) is 35.2 Å². The third-order valence-corrected chi connectivity index (χ3v) is 7.57. The number of nitrogens with zero attached hydrogens (tertiary/aromatic N) is 4. The lowest BCUT2D eigenvalue weighted by Crippen LogP contribution is -2.32. The second-order valence-electron chi connectivity index (χ2n) is 8.09. The lowest BCUT2D eigenvalue weighted by atomic mass is 9.99. The summed E-state index contributed by atoms with van der Waals surface area (Å²) < 4.78 is 18.1. The summed E-state index contributed by atoms with van der Waals surface area (Å²) in [5.41, 5.74) is 4.03. The number of hydrogen-bond acceptors (Lipinski definition) is 7. The Morgan fingerprint density at radius 3 is 2.68 bits per heavy atom. The van der Waals surface area contributed by atoms with Crippen molar-refractivity contribution < 1.29 is 9.29 Å². The molecule has 1 aromatic carbocycles. The smallest absolute Gasteiger partial charge is 0.228 e. The average molecular weight is 436 g/mol. The van der Waals surface area contributed by atoms with E-state index in [4.69, 9.17) is 20.0 Å². The number of anilines is 2. The Morgan fingerprint density at radius 1 is 1.16 bits per heavy atom. The van der Waals surface area contributed by atoms with E-state index in [9.17, 15) is 4.55 Å². The highest BCUT2D eigenvalue weighted by Crippen LogP contribution is 2.34. The highest BCUT2D eigenvalue weighted by Gasteiger charge is 2.34.